The SMILES string of the molecule is CC1C2C3OC3CCC2(OCC(F)(F)F)C12OCCO2. The number of fused-ring (bicyclic) bond motifs is 4. The van der Waals surface area contributed by atoms with Gasteiger partial charge in [0.2, 0.25) is 5.79 Å². The van der Waals surface area contributed by atoms with Crippen LogP contribution in [0.25, 0.3) is 0 Å². The highest BCUT2D eigenvalue weighted by Crippen LogP contribution is 2.68. The van der Waals surface area contributed by atoms with Gasteiger partial charge in [-0.2, -0.15) is 13.2 Å². The average Bonchev–Trinajstić information content (AvgIpc) is 2.95. The van der Waals surface area contributed by atoms with Gasteiger partial charge in [-0.15, -0.1) is 0 Å². The van der Waals surface area contributed by atoms with E-state index in [1.165, 1.54) is 0 Å². The second-order valence-electron chi connectivity index (χ2n) is 6.15. The summed E-state index contributed by atoms with van der Waals surface area (Å²) in [5, 5.41) is 0. The minimum absolute atomic E-state index is 0.00501. The molecule has 5 atom stereocenters. The summed E-state index contributed by atoms with van der Waals surface area (Å²) < 4.78 is 60.1. The number of alkyl halides is 3. The first kappa shape index (κ1) is 13.3. The van der Waals surface area contributed by atoms with Crippen LogP contribution in [0, 0.1) is 11.8 Å². The van der Waals surface area contributed by atoms with Gasteiger partial charge < -0.3 is 18.9 Å². The van der Waals surface area contributed by atoms with Crippen molar-refractivity contribution in [3.63, 3.8) is 0 Å². The molecule has 2 aliphatic carbocycles. The molecule has 4 nitrogen and oxygen atoms in total. The second kappa shape index (κ2) is 3.88. The zero-order chi connectivity index (χ0) is 14.2. The van der Waals surface area contributed by atoms with Crippen LogP contribution in [0.4, 0.5) is 13.2 Å². The molecular formula is C13H17F3O4. The summed E-state index contributed by atoms with van der Waals surface area (Å²) in [5.41, 5.74) is -1.00. The number of hydrogen-bond donors (Lipinski definition) is 0. The Morgan fingerprint density at radius 3 is 2.60 bits per heavy atom. The average molecular weight is 294 g/mol. The molecule has 0 aromatic carbocycles. The molecule has 0 aromatic heterocycles. The molecule has 2 saturated carbocycles. The van der Waals surface area contributed by atoms with Crippen molar-refractivity contribution in [3.05, 3.63) is 0 Å². The van der Waals surface area contributed by atoms with Gasteiger partial charge in [-0.1, -0.05) is 6.92 Å². The molecular weight excluding hydrogens is 277 g/mol. The second-order valence-corrected chi connectivity index (χ2v) is 6.15. The normalized spacial score (nSPS) is 48.6. The van der Waals surface area contributed by atoms with Gasteiger partial charge in [-0.25, -0.2) is 0 Å². The molecule has 114 valence electrons. The molecule has 2 aliphatic heterocycles. The van der Waals surface area contributed by atoms with Gasteiger partial charge in [0.15, 0.2) is 0 Å². The Balaban J connectivity index is 1.63. The van der Waals surface area contributed by atoms with E-state index < -0.39 is 24.2 Å². The van der Waals surface area contributed by atoms with Crippen molar-refractivity contribution in [2.75, 3.05) is 19.8 Å². The van der Waals surface area contributed by atoms with Crippen LogP contribution in [0.2, 0.25) is 0 Å². The van der Waals surface area contributed by atoms with Crippen LogP contribution in [0.5, 0.6) is 0 Å². The van der Waals surface area contributed by atoms with Gasteiger partial charge in [0.25, 0.3) is 0 Å². The first-order chi connectivity index (χ1) is 9.40. The van der Waals surface area contributed by atoms with Crippen LogP contribution in [0.1, 0.15) is 19.8 Å². The van der Waals surface area contributed by atoms with Gasteiger partial charge in [-0.3, -0.25) is 0 Å². The summed E-state index contributed by atoms with van der Waals surface area (Å²) in [5.74, 6) is -1.09. The maximum absolute atomic E-state index is 12.6. The largest absolute Gasteiger partial charge is 0.411 e. The van der Waals surface area contributed by atoms with E-state index >= 15 is 0 Å². The summed E-state index contributed by atoms with van der Waals surface area (Å²) in [6.45, 7) is 1.50. The predicted molar refractivity (Wildman–Crippen MR) is 59.9 cm³/mol. The maximum atomic E-state index is 12.6. The number of hydrogen-bond acceptors (Lipinski definition) is 4. The maximum Gasteiger partial charge on any atom is 0.411 e. The molecule has 2 heterocycles. The Bertz CT molecular complexity index is 420. The van der Waals surface area contributed by atoms with Crippen molar-refractivity contribution in [1.29, 1.82) is 0 Å². The third-order valence-electron chi connectivity index (χ3n) is 5.25. The van der Waals surface area contributed by atoms with Crippen LogP contribution in [-0.2, 0) is 18.9 Å². The minimum Gasteiger partial charge on any atom is -0.369 e. The van der Waals surface area contributed by atoms with E-state index in [1.54, 1.807) is 0 Å². The molecule has 1 spiro atoms. The van der Waals surface area contributed by atoms with E-state index in [0.29, 0.717) is 26.1 Å². The van der Waals surface area contributed by atoms with E-state index in [9.17, 15) is 13.2 Å². The highest BCUT2D eigenvalue weighted by Gasteiger charge is 2.81. The van der Waals surface area contributed by atoms with Crippen molar-refractivity contribution in [3.8, 4) is 0 Å². The summed E-state index contributed by atoms with van der Waals surface area (Å²) in [4.78, 5) is 0. The highest BCUT2D eigenvalue weighted by molar-refractivity contribution is 5.25. The van der Waals surface area contributed by atoms with E-state index in [4.69, 9.17) is 18.9 Å². The van der Waals surface area contributed by atoms with E-state index in [-0.39, 0.29) is 24.0 Å². The molecule has 0 radical (unpaired) electrons. The summed E-state index contributed by atoms with van der Waals surface area (Å²) in [6.07, 6.45) is -2.95. The molecule has 2 saturated heterocycles. The van der Waals surface area contributed by atoms with Crippen LogP contribution in [0.15, 0.2) is 0 Å². The third-order valence-corrected chi connectivity index (χ3v) is 5.25. The quantitative estimate of drug-likeness (QED) is 0.729. The Hall–Kier alpha value is -0.370. The Labute approximate surface area is 114 Å². The Morgan fingerprint density at radius 1 is 1.25 bits per heavy atom. The molecule has 20 heavy (non-hydrogen) atoms. The summed E-state index contributed by atoms with van der Waals surface area (Å²) in [7, 11) is 0. The van der Waals surface area contributed by atoms with Crippen LogP contribution in [-0.4, -0.2) is 49.6 Å². The van der Waals surface area contributed by atoms with Crippen molar-refractivity contribution < 1.29 is 32.1 Å². The molecule has 0 bridgehead atoms. The highest BCUT2D eigenvalue weighted by atomic mass is 19.4. The standard InChI is InChI=1S/C13H17F3O4/c1-7-9-10-8(20-10)2-3-11(9,19-6-12(14,15)16)13(7)17-4-5-18-13/h7-10H,2-6H2,1H3. The van der Waals surface area contributed by atoms with E-state index in [1.807, 2.05) is 6.92 Å². The van der Waals surface area contributed by atoms with Crippen molar-refractivity contribution in [1.82, 2.24) is 0 Å². The number of epoxide rings is 1. The lowest BCUT2D eigenvalue weighted by Gasteiger charge is -2.65. The molecule has 7 heteroatoms. The summed E-state index contributed by atoms with van der Waals surface area (Å²) >= 11 is 0. The monoisotopic (exact) mass is 294 g/mol. The molecule has 0 amide bonds. The smallest absolute Gasteiger partial charge is 0.369 e. The van der Waals surface area contributed by atoms with Crippen LogP contribution >= 0.6 is 0 Å². The van der Waals surface area contributed by atoms with Crippen molar-refractivity contribution in [2.24, 2.45) is 11.8 Å². The first-order valence-corrected chi connectivity index (χ1v) is 7.04. The fourth-order valence-corrected chi connectivity index (χ4v) is 4.53. The van der Waals surface area contributed by atoms with E-state index in [0.717, 1.165) is 0 Å². The lowest BCUT2D eigenvalue weighted by molar-refractivity contribution is -0.415. The van der Waals surface area contributed by atoms with Gasteiger partial charge >= 0.3 is 6.18 Å². The number of rotatable bonds is 2. The number of ether oxygens (including phenoxy) is 4. The molecule has 0 N–H and O–H groups in total. The first-order valence-electron chi connectivity index (χ1n) is 7.04. The van der Waals surface area contributed by atoms with Crippen molar-refractivity contribution in [2.45, 2.75) is 49.5 Å². The van der Waals surface area contributed by atoms with Gasteiger partial charge in [-0.05, 0) is 12.8 Å². The lowest BCUT2D eigenvalue weighted by atomic mass is 9.51. The minimum atomic E-state index is -4.35. The third kappa shape index (κ3) is 1.52. The lowest BCUT2D eigenvalue weighted by Crippen LogP contribution is -2.79. The fraction of sp³-hybridized carbons (Fsp3) is 1.00. The fourth-order valence-electron chi connectivity index (χ4n) is 4.53. The Morgan fingerprint density at radius 2 is 1.95 bits per heavy atom. The molecule has 0 aromatic rings. The van der Waals surface area contributed by atoms with Crippen LogP contribution < -0.4 is 0 Å². The molecule has 4 rings (SSSR count). The molecule has 4 fully saturated rings. The topological polar surface area (TPSA) is 40.2 Å². The zero-order valence-corrected chi connectivity index (χ0v) is 11.1. The van der Waals surface area contributed by atoms with Gasteiger partial charge in [0, 0.05) is 11.8 Å². The van der Waals surface area contributed by atoms with Gasteiger partial charge in [0.05, 0.1) is 25.4 Å². The van der Waals surface area contributed by atoms with Gasteiger partial charge in [0.1, 0.15) is 12.2 Å². The molecule has 4 aliphatic rings. The number of halogens is 3. The predicted octanol–water partition coefficient (Wildman–Crippen LogP) is 1.87. The summed E-state index contributed by atoms with van der Waals surface area (Å²) in [6, 6.07) is 0. The molecule has 5 unspecified atom stereocenters. The zero-order valence-electron chi connectivity index (χ0n) is 11.1. The Kier molecular flexibility index (Phi) is 2.58. The van der Waals surface area contributed by atoms with Crippen molar-refractivity contribution >= 4 is 0 Å². The van der Waals surface area contributed by atoms with Crippen LogP contribution in [0.3, 0.4) is 0 Å². The van der Waals surface area contributed by atoms with E-state index in [2.05, 4.69) is 0 Å².